The maximum Gasteiger partial charge on any atom is 0.256 e. The molecule has 0 aliphatic carbocycles. The van der Waals surface area contributed by atoms with Crippen molar-refractivity contribution >= 4 is 11.7 Å². The van der Waals surface area contributed by atoms with E-state index in [1.807, 2.05) is 0 Å². The number of amides is 1. The highest BCUT2D eigenvalue weighted by molar-refractivity contribution is 5.98. The molecule has 1 amide bonds. The molecule has 3 aromatic rings. The first-order chi connectivity index (χ1) is 12.0. The number of carbonyl (C=O) groups is 1. The minimum Gasteiger partial charge on any atom is -0.508 e. The second-order valence-corrected chi connectivity index (χ2v) is 5.31. The van der Waals surface area contributed by atoms with E-state index in [0.29, 0.717) is 11.1 Å². The van der Waals surface area contributed by atoms with Gasteiger partial charge in [0.25, 0.3) is 5.91 Å². The van der Waals surface area contributed by atoms with Crippen LogP contribution in [0.2, 0.25) is 0 Å². The zero-order chi connectivity index (χ0) is 17.8. The summed E-state index contributed by atoms with van der Waals surface area (Å²) < 4.78 is 13.3. The average Bonchev–Trinajstić information content (AvgIpc) is 2.60. The molecular weight excluding hydrogens is 323 g/mol. The van der Waals surface area contributed by atoms with Crippen LogP contribution in [0.1, 0.15) is 15.9 Å². The van der Waals surface area contributed by atoms with E-state index in [4.69, 9.17) is 5.73 Å². The van der Waals surface area contributed by atoms with E-state index in [0.717, 1.165) is 0 Å². The van der Waals surface area contributed by atoms with Crippen molar-refractivity contribution in [2.75, 3.05) is 5.73 Å². The van der Waals surface area contributed by atoms with Gasteiger partial charge in [0.1, 0.15) is 17.4 Å². The molecule has 25 heavy (non-hydrogen) atoms. The molecule has 7 heteroatoms. The van der Waals surface area contributed by atoms with Gasteiger partial charge >= 0.3 is 0 Å². The highest BCUT2D eigenvalue weighted by atomic mass is 19.1. The summed E-state index contributed by atoms with van der Waals surface area (Å²) in [5.41, 5.74) is 6.99. The van der Waals surface area contributed by atoms with Crippen molar-refractivity contribution in [1.82, 2.24) is 15.3 Å². The Bertz CT molecular complexity index is 930. The lowest BCUT2D eigenvalue weighted by atomic mass is 10.2. The van der Waals surface area contributed by atoms with Gasteiger partial charge in [-0.1, -0.05) is 30.3 Å². The quantitative estimate of drug-likeness (QED) is 0.678. The second kappa shape index (κ2) is 6.96. The largest absolute Gasteiger partial charge is 0.508 e. The van der Waals surface area contributed by atoms with Crippen LogP contribution in [0, 0.1) is 5.82 Å². The van der Waals surface area contributed by atoms with E-state index in [9.17, 15) is 14.3 Å². The van der Waals surface area contributed by atoms with E-state index in [2.05, 4.69) is 15.3 Å². The Labute approximate surface area is 143 Å². The van der Waals surface area contributed by atoms with Gasteiger partial charge < -0.3 is 16.2 Å². The normalized spacial score (nSPS) is 10.4. The number of anilines is 1. The third-order valence-electron chi connectivity index (χ3n) is 3.58. The van der Waals surface area contributed by atoms with Gasteiger partial charge in [0.15, 0.2) is 5.82 Å². The highest BCUT2D eigenvalue weighted by Crippen LogP contribution is 2.19. The number of nitrogens with two attached hydrogens (primary N) is 1. The van der Waals surface area contributed by atoms with E-state index >= 15 is 0 Å². The topological polar surface area (TPSA) is 101 Å². The molecule has 0 unspecified atom stereocenters. The number of phenolic OH excluding ortho intramolecular Hbond substituents is 1. The minimum absolute atomic E-state index is 0.0101. The fourth-order valence-corrected chi connectivity index (χ4v) is 2.27. The summed E-state index contributed by atoms with van der Waals surface area (Å²) in [6.07, 6.45) is 1.29. The molecule has 4 N–H and O–H groups in total. The molecular formula is C18H15FN4O2. The van der Waals surface area contributed by atoms with Crippen LogP contribution < -0.4 is 11.1 Å². The number of nitrogens with one attached hydrogen (secondary N) is 1. The van der Waals surface area contributed by atoms with Crippen LogP contribution in [0.4, 0.5) is 10.2 Å². The average molecular weight is 338 g/mol. The van der Waals surface area contributed by atoms with Gasteiger partial charge in [-0.3, -0.25) is 4.79 Å². The van der Waals surface area contributed by atoms with Gasteiger partial charge in [0.05, 0.1) is 5.56 Å². The molecule has 0 aliphatic rings. The van der Waals surface area contributed by atoms with Crippen molar-refractivity contribution in [1.29, 1.82) is 0 Å². The number of hydrogen-bond donors (Lipinski definition) is 3. The Kier molecular flexibility index (Phi) is 4.56. The summed E-state index contributed by atoms with van der Waals surface area (Å²) in [5.74, 6) is -0.567. The molecule has 1 heterocycles. The van der Waals surface area contributed by atoms with E-state index < -0.39 is 11.7 Å². The lowest BCUT2D eigenvalue weighted by Crippen LogP contribution is -2.24. The molecule has 2 aromatic carbocycles. The summed E-state index contributed by atoms with van der Waals surface area (Å²) in [5, 5.41) is 12.3. The SMILES string of the molecule is Nc1nc(-c2cccc(F)c2)ncc1C(=O)NCc1ccccc1O. The number of rotatable bonds is 4. The number of phenols is 1. The van der Waals surface area contributed by atoms with Gasteiger partial charge in [-0.15, -0.1) is 0 Å². The number of para-hydroxylation sites is 1. The molecule has 0 bridgehead atoms. The zero-order valence-corrected chi connectivity index (χ0v) is 13.1. The van der Waals surface area contributed by atoms with Gasteiger partial charge in [0.2, 0.25) is 0 Å². The molecule has 0 radical (unpaired) electrons. The van der Waals surface area contributed by atoms with Crippen LogP contribution in [0.5, 0.6) is 5.75 Å². The molecule has 1 aromatic heterocycles. The molecule has 126 valence electrons. The summed E-state index contributed by atoms with van der Waals surface area (Å²) in [6, 6.07) is 12.5. The number of nitrogen functional groups attached to an aromatic ring is 1. The Morgan fingerprint density at radius 1 is 1.20 bits per heavy atom. The zero-order valence-electron chi connectivity index (χ0n) is 13.1. The van der Waals surface area contributed by atoms with Crippen molar-refractivity contribution in [3.8, 4) is 17.1 Å². The van der Waals surface area contributed by atoms with Gasteiger partial charge in [-0.25, -0.2) is 14.4 Å². The number of aromatic hydroxyl groups is 1. The molecule has 3 rings (SSSR count). The van der Waals surface area contributed by atoms with Gasteiger partial charge in [-0.2, -0.15) is 0 Å². The van der Waals surface area contributed by atoms with Crippen LogP contribution in [-0.2, 0) is 6.54 Å². The second-order valence-electron chi connectivity index (χ2n) is 5.31. The first-order valence-electron chi connectivity index (χ1n) is 7.48. The van der Waals surface area contributed by atoms with Crippen molar-refractivity contribution in [3.05, 3.63) is 71.7 Å². The van der Waals surface area contributed by atoms with E-state index in [-0.39, 0.29) is 29.5 Å². The van der Waals surface area contributed by atoms with Crippen LogP contribution >= 0.6 is 0 Å². The smallest absolute Gasteiger partial charge is 0.256 e. The van der Waals surface area contributed by atoms with E-state index in [1.165, 1.54) is 30.5 Å². The minimum atomic E-state index is -0.466. The monoisotopic (exact) mass is 338 g/mol. The molecule has 0 saturated heterocycles. The van der Waals surface area contributed by atoms with Crippen molar-refractivity contribution < 1.29 is 14.3 Å². The van der Waals surface area contributed by atoms with E-state index in [1.54, 1.807) is 24.3 Å². The van der Waals surface area contributed by atoms with Gasteiger partial charge in [-0.05, 0) is 18.2 Å². The Morgan fingerprint density at radius 3 is 2.72 bits per heavy atom. The van der Waals surface area contributed by atoms with Crippen LogP contribution in [0.15, 0.2) is 54.7 Å². The first kappa shape index (κ1) is 16.4. The molecule has 0 saturated carbocycles. The summed E-state index contributed by atoms with van der Waals surface area (Å²) in [6.45, 7) is 0.136. The van der Waals surface area contributed by atoms with Gasteiger partial charge in [0, 0.05) is 23.9 Å². The lowest BCUT2D eigenvalue weighted by Gasteiger charge is -2.09. The number of aromatic nitrogens is 2. The molecule has 0 spiro atoms. The first-order valence-corrected chi connectivity index (χ1v) is 7.48. The van der Waals surface area contributed by atoms with Crippen LogP contribution in [0.25, 0.3) is 11.4 Å². The molecule has 6 nitrogen and oxygen atoms in total. The fraction of sp³-hybridized carbons (Fsp3) is 0.0556. The lowest BCUT2D eigenvalue weighted by molar-refractivity contribution is 0.0951. The van der Waals surface area contributed by atoms with Crippen molar-refractivity contribution in [2.24, 2.45) is 0 Å². The van der Waals surface area contributed by atoms with Crippen molar-refractivity contribution in [3.63, 3.8) is 0 Å². The third-order valence-corrected chi connectivity index (χ3v) is 3.58. The summed E-state index contributed by atoms with van der Waals surface area (Å²) in [7, 11) is 0. The third kappa shape index (κ3) is 3.72. The number of hydrogen-bond acceptors (Lipinski definition) is 5. The van der Waals surface area contributed by atoms with Crippen molar-refractivity contribution in [2.45, 2.75) is 6.54 Å². The van der Waals surface area contributed by atoms with Crippen LogP contribution in [0.3, 0.4) is 0 Å². The Balaban J connectivity index is 1.76. The number of nitrogens with zero attached hydrogens (tertiary/aromatic N) is 2. The standard InChI is InChI=1S/C18H15FN4O2/c19-13-6-3-5-11(8-13)17-21-10-14(16(20)23-17)18(25)22-9-12-4-1-2-7-15(12)24/h1-8,10,24H,9H2,(H,22,25)(H2,20,21,23). The molecule has 0 atom stereocenters. The summed E-state index contributed by atoms with van der Waals surface area (Å²) >= 11 is 0. The molecule has 0 aliphatic heterocycles. The number of carbonyl (C=O) groups excluding carboxylic acids is 1. The van der Waals surface area contributed by atoms with Crippen LogP contribution in [-0.4, -0.2) is 21.0 Å². The Morgan fingerprint density at radius 2 is 2.00 bits per heavy atom. The fourth-order valence-electron chi connectivity index (χ4n) is 2.27. The predicted molar refractivity (Wildman–Crippen MR) is 91.1 cm³/mol. The number of benzene rings is 2. The maximum atomic E-state index is 13.3. The predicted octanol–water partition coefficient (Wildman–Crippen LogP) is 2.50. The molecule has 0 fully saturated rings. The number of halogens is 1. The highest BCUT2D eigenvalue weighted by Gasteiger charge is 2.14. The Hall–Kier alpha value is -3.48. The summed E-state index contributed by atoms with van der Waals surface area (Å²) in [4.78, 5) is 20.4. The maximum absolute atomic E-state index is 13.3.